The first-order valence-corrected chi connectivity index (χ1v) is 15.1. The molecule has 1 atom stereocenters. The van der Waals surface area contributed by atoms with Crippen LogP contribution in [0.2, 0.25) is 0 Å². The summed E-state index contributed by atoms with van der Waals surface area (Å²) in [5, 5.41) is 7.07. The van der Waals surface area contributed by atoms with E-state index in [2.05, 4.69) is 20.4 Å². The lowest BCUT2D eigenvalue weighted by Crippen LogP contribution is -2.47. The van der Waals surface area contributed by atoms with E-state index in [0.717, 1.165) is 18.0 Å². The number of rotatable bonds is 9. The zero-order valence-electron chi connectivity index (χ0n) is 21.2. The van der Waals surface area contributed by atoms with Crippen molar-refractivity contribution >= 4 is 43.8 Å². The van der Waals surface area contributed by atoms with E-state index in [1.807, 2.05) is 4.90 Å². The van der Waals surface area contributed by atoms with Gasteiger partial charge in [-0.25, -0.2) is 13.4 Å². The number of anilines is 1. The van der Waals surface area contributed by atoms with Crippen molar-refractivity contribution in [1.29, 1.82) is 0 Å². The number of oxime groups is 1. The van der Waals surface area contributed by atoms with E-state index in [0.29, 0.717) is 62.8 Å². The summed E-state index contributed by atoms with van der Waals surface area (Å²) in [7, 11) is -3.34. The molecule has 2 amide bonds. The number of aromatic nitrogens is 1. The summed E-state index contributed by atoms with van der Waals surface area (Å²) in [6.45, 7) is 6.20. The van der Waals surface area contributed by atoms with Crippen molar-refractivity contribution in [1.82, 2.24) is 14.8 Å². The largest absolute Gasteiger partial charge is 0.389 e. The molecule has 1 aromatic heterocycles. The van der Waals surface area contributed by atoms with Gasteiger partial charge in [0.1, 0.15) is 0 Å². The van der Waals surface area contributed by atoms with E-state index in [1.54, 1.807) is 25.3 Å². The van der Waals surface area contributed by atoms with Crippen LogP contribution in [0.25, 0.3) is 0 Å². The molecule has 1 N–H and O–H groups in total. The molecule has 3 aliphatic rings. The maximum atomic E-state index is 13.3. The van der Waals surface area contributed by atoms with E-state index in [4.69, 9.17) is 9.57 Å². The second kappa shape index (κ2) is 11.5. The Kier molecular flexibility index (Phi) is 8.07. The zero-order valence-corrected chi connectivity index (χ0v) is 22.8. The van der Waals surface area contributed by atoms with Crippen LogP contribution >= 0.6 is 11.3 Å². The minimum atomic E-state index is -3.34. The van der Waals surface area contributed by atoms with Crippen molar-refractivity contribution in [2.24, 2.45) is 5.16 Å². The molecular weight excluding hydrogens is 530 g/mol. The van der Waals surface area contributed by atoms with Gasteiger partial charge in [0, 0.05) is 62.7 Å². The van der Waals surface area contributed by atoms with Gasteiger partial charge in [-0.3, -0.25) is 19.8 Å². The minimum Gasteiger partial charge on any atom is -0.389 e. The maximum absolute atomic E-state index is 13.3. The average molecular weight is 562 g/mol. The van der Waals surface area contributed by atoms with E-state index in [9.17, 15) is 18.0 Å². The predicted molar refractivity (Wildman–Crippen MR) is 142 cm³/mol. The van der Waals surface area contributed by atoms with Crippen LogP contribution in [0, 0.1) is 0 Å². The van der Waals surface area contributed by atoms with Gasteiger partial charge in [0.2, 0.25) is 5.91 Å². The van der Waals surface area contributed by atoms with Crippen LogP contribution in [0.4, 0.5) is 5.13 Å². The fraction of sp³-hybridized carbons (Fsp3) is 0.520. The average Bonchev–Trinajstić information content (AvgIpc) is 3.49. The van der Waals surface area contributed by atoms with Crippen LogP contribution in [0.1, 0.15) is 36.6 Å². The number of carbonyl (C=O) groups is 2. The lowest BCUT2D eigenvalue weighted by atomic mass is 10.1. The molecule has 0 unspecified atom stereocenters. The third-order valence-corrected chi connectivity index (χ3v) is 9.96. The molecule has 0 radical (unpaired) electrons. The molecule has 2 saturated heterocycles. The number of ether oxygens (including phenoxy) is 1. The molecule has 11 nitrogen and oxygen atoms in total. The molecule has 204 valence electrons. The highest BCUT2D eigenvalue weighted by Crippen LogP contribution is 2.33. The number of hydrogen-bond acceptors (Lipinski definition) is 10. The number of thiazole rings is 1. The minimum absolute atomic E-state index is 0.0318. The van der Waals surface area contributed by atoms with E-state index in [-0.39, 0.29) is 27.9 Å². The lowest BCUT2D eigenvalue weighted by Gasteiger charge is -2.33. The Labute approximate surface area is 225 Å². The molecule has 0 bridgehead atoms. The van der Waals surface area contributed by atoms with Crippen LogP contribution in [-0.2, 0) is 35.5 Å². The Morgan fingerprint density at radius 1 is 1.16 bits per heavy atom. The molecule has 1 saturated carbocycles. The Bertz CT molecular complexity index is 1290. The van der Waals surface area contributed by atoms with Gasteiger partial charge in [0.25, 0.3) is 5.91 Å². The zero-order chi connectivity index (χ0) is 26.7. The summed E-state index contributed by atoms with van der Waals surface area (Å²) in [4.78, 5) is 40.1. The smallest absolute Gasteiger partial charge is 0.280 e. The quantitative estimate of drug-likeness (QED) is 0.363. The second-order valence-electron chi connectivity index (χ2n) is 9.67. The normalized spacial score (nSPS) is 20.9. The highest BCUT2D eigenvalue weighted by Gasteiger charge is 2.37. The summed E-state index contributed by atoms with van der Waals surface area (Å²) in [6, 6.07) is 6.18. The second-order valence-corrected chi connectivity index (χ2v) is 13.0. The number of amides is 2. The van der Waals surface area contributed by atoms with Gasteiger partial charge in [-0.15, -0.1) is 11.3 Å². The van der Waals surface area contributed by atoms with Crippen LogP contribution < -0.4 is 5.32 Å². The van der Waals surface area contributed by atoms with Gasteiger partial charge in [-0.05, 0) is 25.0 Å². The van der Waals surface area contributed by atoms with Gasteiger partial charge in [-0.2, -0.15) is 0 Å². The third-order valence-electron chi connectivity index (χ3n) is 6.79. The standard InChI is InChI=1S/C25H31N5O6S2/c1-17(31)30-11-9-29(10-12-30)15-20-14-26-25(37-20)27-24(32)23(28-36-19-8-13-35-16-19)18-2-4-21(5-3-18)38(33,34)22-6-7-22/h2-5,14,19,22H,6-13,15-16H2,1H3,(H,26,27,32)/t19-/m1/s1. The highest BCUT2D eigenvalue weighted by atomic mass is 32.2. The molecule has 5 rings (SSSR count). The van der Waals surface area contributed by atoms with Crippen LogP contribution in [0.5, 0.6) is 0 Å². The lowest BCUT2D eigenvalue weighted by molar-refractivity contribution is -0.130. The first kappa shape index (κ1) is 26.7. The summed E-state index contributed by atoms with van der Waals surface area (Å²) in [5.41, 5.74) is 0.473. The third kappa shape index (κ3) is 6.40. The molecule has 13 heteroatoms. The van der Waals surface area contributed by atoms with Crippen LogP contribution in [-0.4, -0.2) is 91.5 Å². The number of nitrogens with zero attached hydrogens (tertiary/aromatic N) is 4. The Hall–Kier alpha value is -2.87. The SMILES string of the molecule is CC(=O)N1CCN(Cc2cnc(NC(=O)C(=NO[C@@H]3CCOC3)c3ccc(S(=O)(=O)C4CC4)cc3)s2)CC1. The van der Waals surface area contributed by atoms with Crippen LogP contribution in [0.3, 0.4) is 0 Å². The summed E-state index contributed by atoms with van der Waals surface area (Å²) in [6.07, 6.45) is 3.52. The summed E-state index contributed by atoms with van der Waals surface area (Å²) >= 11 is 1.37. The highest BCUT2D eigenvalue weighted by molar-refractivity contribution is 7.92. The number of hydrogen-bond donors (Lipinski definition) is 1. The van der Waals surface area contributed by atoms with Gasteiger partial charge in [0.05, 0.1) is 23.4 Å². The first-order chi connectivity index (χ1) is 18.3. The van der Waals surface area contributed by atoms with Crippen molar-refractivity contribution in [3.63, 3.8) is 0 Å². The van der Waals surface area contributed by atoms with Gasteiger partial charge in [0.15, 0.2) is 26.8 Å². The Morgan fingerprint density at radius 2 is 1.89 bits per heavy atom. The van der Waals surface area contributed by atoms with E-state index in [1.165, 1.54) is 23.5 Å². The Balaban J connectivity index is 1.26. The number of piperazine rings is 1. The molecule has 38 heavy (non-hydrogen) atoms. The van der Waals surface area contributed by atoms with Crippen molar-refractivity contribution in [2.75, 3.05) is 44.7 Å². The maximum Gasteiger partial charge on any atom is 0.280 e. The fourth-order valence-electron chi connectivity index (χ4n) is 4.36. The number of benzene rings is 1. The van der Waals surface area contributed by atoms with Crippen LogP contribution in [0.15, 0.2) is 40.5 Å². The topological polar surface area (TPSA) is 130 Å². The molecule has 1 aliphatic carbocycles. The summed E-state index contributed by atoms with van der Waals surface area (Å²) in [5.74, 6) is -0.411. The number of sulfone groups is 1. The first-order valence-electron chi connectivity index (χ1n) is 12.7. The predicted octanol–water partition coefficient (Wildman–Crippen LogP) is 1.89. The molecular formula is C25H31N5O6S2. The van der Waals surface area contributed by atoms with E-state index >= 15 is 0 Å². The molecule has 3 heterocycles. The van der Waals surface area contributed by atoms with Gasteiger partial charge >= 0.3 is 0 Å². The molecule has 2 aromatic rings. The number of carbonyl (C=O) groups excluding carboxylic acids is 2. The summed E-state index contributed by atoms with van der Waals surface area (Å²) < 4.78 is 30.5. The Morgan fingerprint density at radius 3 is 2.53 bits per heavy atom. The molecule has 2 aliphatic heterocycles. The van der Waals surface area contributed by atoms with Gasteiger partial charge in [-0.1, -0.05) is 17.3 Å². The van der Waals surface area contributed by atoms with Crippen molar-refractivity contribution in [3.8, 4) is 0 Å². The van der Waals surface area contributed by atoms with Crippen molar-refractivity contribution in [2.45, 2.75) is 49.0 Å². The monoisotopic (exact) mass is 561 g/mol. The molecule has 3 fully saturated rings. The van der Waals surface area contributed by atoms with Crippen molar-refractivity contribution < 1.29 is 27.6 Å². The number of nitrogens with one attached hydrogen (secondary N) is 1. The molecule has 0 spiro atoms. The van der Waals surface area contributed by atoms with E-state index < -0.39 is 15.7 Å². The van der Waals surface area contributed by atoms with Gasteiger partial charge < -0.3 is 14.5 Å². The molecule has 1 aromatic carbocycles. The van der Waals surface area contributed by atoms with Crippen molar-refractivity contribution in [3.05, 3.63) is 40.9 Å². The fourth-order valence-corrected chi connectivity index (χ4v) is 6.86.